The molecule has 0 saturated carbocycles. The normalized spacial score (nSPS) is 12.0. The highest BCUT2D eigenvalue weighted by Crippen LogP contribution is 2.31. The molecule has 2 heterocycles. The zero-order valence-electron chi connectivity index (χ0n) is 13.9. The molecule has 0 aliphatic heterocycles. The minimum atomic E-state index is -0.438. The van der Waals surface area contributed by atoms with Crippen LogP contribution >= 0.6 is 11.8 Å². The average molecular weight is 360 g/mol. The van der Waals surface area contributed by atoms with Crippen molar-refractivity contribution >= 4 is 17.5 Å². The van der Waals surface area contributed by atoms with E-state index in [0.717, 1.165) is 0 Å². The first kappa shape index (κ1) is 17.1. The van der Waals surface area contributed by atoms with Crippen LogP contribution in [0.5, 0.6) is 11.5 Å². The van der Waals surface area contributed by atoms with E-state index >= 15 is 0 Å². The van der Waals surface area contributed by atoms with Gasteiger partial charge in [-0.15, -0.1) is 10.2 Å². The molecule has 0 bridgehead atoms. The van der Waals surface area contributed by atoms with E-state index in [9.17, 15) is 4.79 Å². The lowest BCUT2D eigenvalue weighted by Gasteiger charge is -2.12. The number of furan rings is 1. The van der Waals surface area contributed by atoms with Crippen LogP contribution in [0.1, 0.15) is 17.3 Å². The third kappa shape index (κ3) is 3.69. The maximum Gasteiger partial charge on any atom is 0.284 e. The zero-order valence-corrected chi connectivity index (χ0v) is 14.7. The summed E-state index contributed by atoms with van der Waals surface area (Å²) in [6, 6.07) is 8.52. The van der Waals surface area contributed by atoms with Crippen LogP contribution in [0.25, 0.3) is 11.7 Å². The minimum absolute atomic E-state index is 0.109. The van der Waals surface area contributed by atoms with Gasteiger partial charge in [0.2, 0.25) is 0 Å². The van der Waals surface area contributed by atoms with Crippen LogP contribution in [0.3, 0.4) is 0 Å². The molecule has 2 aromatic heterocycles. The topological polar surface area (TPSA) is 87.6 Å². The maximum atomic E-state index is 12.7. The van der Waals surface area contributed by atoms with Crippen LogP contribution in [0.15, 0.2) is 50.7 Å². The molecule has 0 spiro atoms. The molecule has 1 aromatic carbocycles. The Bertz CT molecular complexity index is 860. The van der Waals surface area contributed by atoms with Gasteiger partial charge in [-0.1, -0.05) is 11.8 Å². The number of Topliss-reactive ketones (excluding diaryl/α,β-unsaturated/α-hetero) is 1. The summed E-state index contributed by atoms with van der Waals surface area (Å²) in [4.78, 5) is 12.7. The minimum Gasteiger partial charge on any atom is -0.497 e. The number of ether oxygens (including phenoxy) is 2. The molecule has 3 aromatic rings. The molecule has 3 rings (SSSR count). The number of hydrogen-bond acceptors (Lipinski definition) is 8. The molecule has 0 N–H and O–H groups in total. The number of carbonyl (C=O) groups is 1. The quantitative estimate of drug-likeness (QED) is 0.465. The summed E-state index contributed by atoms with van der Waals surface area (Å²) >= 11 is 1.18. The summed E-state index contributed by atoms with van der Waals surface area (Å²) in [5.74, 6) is 1.72. The fourth-order valence-corrected chi connectivity index (χ4v) is 2.93. The Morgan fingerprint density at radius 1 is 1.20 bits per heavy atom. The summed E-state index contributed by atoms with van der Waals surface area (Å²) in [5.41, 5.74) is 0.467. The molecule has 8 heteroatoms. The molecule has 130 valence electrons. The summed E-state index contributed by atoms with van der Waals surface area (Å²) in [5, 5.41) is 7.71. The Morgan fingerprint density at radius 3 is 2.72 bits per heavy atom. The van der Waals surface area contributed by atoms with Gasteiger partial charge in [-0.2, -0.15) is 0 Å². The molecule has 1 atom stereocenters. The van der Waals surface area contributed by atoms with E-state index < -0.39 is 5.25 Å². The fourth-order valence-electron chi connectivity index (χ4n) is 2.18. The Hall–Kier alpha value is -2.74. The molecule has 7 nitrogen and oxygen atoms in total. The zero-order chi connectivity index (χ0) is 17.8. The van der Waals surface area contributed by atoms with Crippen molar-refractivity contribution in [2.45, 2.75) is 17.4 Å². The van der Waals surface area contributed by atoms with Gasteiger partial charge < -0.3 is 18.3 Å². The fraction of sp³-hybridized carbons (Fsp3) is 0.235. The second-order valence-corrected chi connectivity index (χ2v) is 6.33. The van der Waals surface area contributed by atoms with E-state index in [2.05, 4.69) is 10.2 Å². The number of ketones is 1. The van der Waals surface area contributed by atoms with Crippen molar-refractivity contribution < 1.29 is 23.1 Å². The second-order valence-electron chi connectivity index (χ2n) is 5.04. The molecule has 0 unspecified atom stereocenters. The van der Waals surface area contributed by atoms with Gasteiger partial charge in [-0.05, 0) is 31.2 Å². The third-order valence-corrected chi connectivity index (χ3v) is 4.39. The monoisotopic (exact) mass is 360 g/mol. The molecule has 0 saturated heterocycles. The van der Waals surface area contributed by atoms with Gasteiger partial charge in [0.1, 0.15) is 11.5 Å². The van der Waals surface area contributed by atoms with Crippen molar-refractivity contribution in [1.82, 2.24) is 10.2 Å². The van der Waals surface area contributed by atoms with Crippen LogP contribution in [-0.2, 0) is 0 Å². The van der Waals surface area contributed by atoms with Crippen LogP contribution in [-0.4, -0.2) is 35.5 Å². The maximum absolute atomic E-state index is 12.7. The highest BCUT2D eigenvalue weighted by atomic mass is 32.2. The van der Waals surface area contributed by atoms with E-state index in [4.69, 9.17) is 18.3 Å². The summed E-state index contributed by atoms with van der Waals surface area (Å²) < 4.78 is 21.2. The van der Waals surface area contributed by atoms with E-state index in [0.29, 0.717) is 28.0 Å². The number of thioether (sulfide) groups is 1. The lowest BCUT2D eigenvalue weighted by molar-refractivity contribution is 0.0990. The first-order valence-corrected chi connectivity index (χ1v) is 8.30. The number of rotatable bonds is 7. The van der Waals surface area contributed by atoms with E-state index in [1.165, 1.54) is 25.1 Å². The standard InChI is InChI=1S/C17H16N2O5S/c1-10(15(20)12-7-6-11(21-2)9-14(12)22-3)25-17-19-18-16(24-17)13-5-4-8-23-13/h4-10H,1-3H3/t10-/m0/s1. The highest BCUT2D eigenvalue weighted by molar-refractivity contribution is 8.00. The van der Waals surface area contributed by atoms with Crippen molar-refractivity contribution in [3.8, 4) is 23.1 Å². The summed E-state index contributed by atoms with van der Waals surface area (Å²) in [6.45, 7) is 1.77. The third-order valence-electron chi connectivity index (χ3n) is 3.46. The predicted octanol–water partition coefficient (Wildman–Crippen LogP) is 3.71. The molecule has 25 heavy (non-hydrogen) atoms. The van der Waals surface area contributed by atoms with Gasteiger partial charge in [0.15, 0.2) is 11.5 Å². The van der Waals surface area contributed by atoms with Gasteiger partial charge in [-0.25, -0.2) is 0 Å². The van der Waals surface area contributed by atoms with Crippen LogP contribution in [0.4, 0.5) is 0 Å². The van der Waals surface area contributed by atoms with Gasteiger partial charge in [0.05, 0.1) is 31.3 Å². The van der Waals surface area contributed by atoms with E-state index in [-0.39, 0.29) is 11.7 Å². The van der Waals surface area contributed by atoms with Crippen molar-refractivity contribution in [1.29, 1.82) is 0 Å². The number of carbonyl (C=O) groups excluding carboxylic acids is 1. The van der Waals surface area contributed by atoms with E-state index in [1.807, 2.05) is 0 Å². The number of nitrogens with zero attached hydrogens (tertiary/aromatic N) is 2. The van der Waals surface area contributed by atoms with Gasteiger partial charge in [-0.3, -0.25) is 4.79 Å². The smallest absolute Gasteiger partial charge is 0.284 e. The lowest BCUT2D eigenvalue weighted by Crippen LogP contribution is -2.14. The first-order valence-electron chi connectivity index (χ1n) is 7.42. The molecular weight excluding hydrogens is 344 g/mol. The number of benzene rings is 1. The number of hydrogen-bond donors (Lipinski definition) is 0. The summed E-state index contributed by atoms with van der Waals surface area (Å²) in [6.07, 6.45) is 1.52. The molecule has 0 amide bonds. The average Bonchev–Trinajstić information content (AvgIpc) is 3.31. The van der Waals surface area contributed by atoms with Gasteiger partial charge in [0.25, 0.3) is 11.1 Å². The Morgan fingerprint density at radius 2 is 2.04 bits per heavy atom. The molecule has 0 fully saturated rings. The second kappa shape index (κ2) is 7.43. The largest absolute Gasteiger partial charge is 0.497 e. The highest BCUT2D eigenvalue weighted by Gasteiger charge is 2.23. The van der Waals surface area contributed by atoms with Gasteiger partial charge in [0, 0.05) is 6.07 Å². The Kier molecular flexibility index (Phi) is 5.08. The first-order chi connectivity index (χ1) is 12.1. The SMILES string of the molecule is COc1ccc(C(=O)[C@H](C)Sc2nnc(-c3ccco3)o2)c(OC)c1. The number of aromatic nitrogens is 2. The van der Waals surface area contributed by atoms with Crippen molar-refractivity contribution in [2.24, 2.45) is 0 Å². The van der Waals surface area contributed by atoms with Crippen molar-refractivity contribution in [3.63, 3.8) is 0 Å². The summed E-state index contributed by atoms with van der Waals surface area (Å²) in [7, 11) is 3.07. The van der Waals surface area contributed by atoms with Crippen molar-refractivity contribution in [2.75, 3.05) is 14.2 Å². The Balaban J connectivity index is 1.75. The molecule has 0 aliphatic carbocycles. The van der Waals surface area contributed by atoms with Crippen LogP contribution in [0, 0.1) is 0 Å². The lowest BCUT2D eigenvalue weighted by atomic mass is 10.1. The molecule has 0 radical (unpaired) electrons. The number of methoxy groups -OCH3 is 2. The Labute approximate surface area is 148 Å². The van der Waals surface area contributed by atoms with Gasteiger partial charge >= 0.3 is 0 Å². The predicted molar refractivity (Wildman–Crippen MR) is 91.2 cm³/mol. The van der Waals surface area contributed by atoms with Crippen LogP contribution in [0.2, 0.25) is 0 Å². The van der Waals surface area contributed by atoms with E-state index in [1.54, 1.807) is 44.4 Å². The molecule has 0 aliphatic rings. The van der Waals surface area contributed by atoms with Crippen LogP contribution < -0.4 is 9.47 Å². The van der Waals surface area contributed by atoms with Crippen molar-refractivity contribution in [3.05, 3.63) is 42.2 Å². The molecular formula is C17H16N2O5S.